The second-order valence-corrected chi connectivity index (χ2v) is 3.82. The zero-order chi connectivity index (χ0) is 14.1. The lowest BCUT2D eigenvalue weighted by Crippen LogP contribution is -2.33. The van der Waals surface area contributed by atoms with Gasteiger partial charge in [0, 0.05) is 32.1 Å². The minimum Gasteiger partial charge on any atom is -0.481 e. The third-order valence-electron chi connectivity index (χ3n) is 2.35. The molecule has 2 N–H and O–H groups in total. The molecule has 0 aliphatic rings. The van der Waals surface area contributed by atoms with Crippen LogP contribution in [-0.2, 0) is 14.3 Å². The topological polar surface area (TPSA) is 88.5 Å². The minimum absolute atomic E-state index is 0.150. The maximum atomic E-state index is 11.5. The van der Waals surface area contributed by atoms with E-state index < -0.39 is 12.1 Å². The molecule has 102 valence electrons. The molecule has 1 atom stereocenters. The Balaban J connectivity index is 2.39. The van der Waals surface area contributed by atoms with E-state index in [2.05, 4.69) is 10.3 Å². The molecule has 0 saturated carbocycles. The van der Waals surface area contributed by atoms with Crippen LogP contribution in [0.2, 0.25) is 0 Å². The number of amides is 1. The Kier molecular flexibility index (Phi) is 6.25. The number of aromatic nitrogens is 1. The molecule has 0 bridgehead atoms. The summed E-state index contributed by atoms with van der Waals surface area (Å²) in [6.45, 7) is 0.152. The van der Waals surface area contributed by atoms with Crippen LogP contribution in [0.4, 0.5) is 0 Å². The van der Waals surface area contributed by atoms with Crippen molar-refractivity contribution in [2.75, 3.05) is 13.7 Å². The largest absolute Gasteiger partial charge is 0.481 e. The number of hydrogen-bond acceptors (Lipinski definition) is 4. The Morgan fingerprint density at radius 2 is 2.37 bits per heavy atom. The van der Waals surface area contributed by atoms with E-state index in [1.165, 1.54) is 13.2 Å². The van der Waals surface area contributed by atoms with Gasteiger partial charge in [-0.3, -0.25) is 14.6 Å². The van der Waals surface area contributed by atoms with E-state index in [1.807, 2.05) is 6.07 Å². The Bertz CT molecular complexity index is 445. The van der Waals surface area contributed by atoms with Crippen LogP contribution in [0.15, 0.2) is 30.6 Å². The molecule has 19 heavy (non-hydrogen) atoms. The number of ether oxygens (including phenoxy) is 1. The molecule has 0 fully saturated rings. The number of carbonyl (C=O) groups excluding carboxylic acids is 1. The second kappa shape index (κ2) is 7.99. The van der Waals surface area contributed by atoms with Crippen molar-refractivity contribution in [3.63, 3.8) is 0 Å². The summed E-state index contributed by atoms with van der Waals surface area (Å²) < 4.78 is 4.94. The van der Waals surface area contributed by atoms with Crippen LogP contribution in [-0.4, -0.2) is 41.7 Å². The van der Waals surface area contributed by atoms with Gasteiger partial charge in [-0.2, -0.15) is 0 Å². The standard InChI is InChI=1S/C13H16N2O4/c1-19-11(7-13(17)18)9-15-12(16)5-4-10-3-2-6-14-8-10/h2-6,8,11H,7,9H2,1H3,(H,15,16)(H,17,18)/b5-4+. The second-order valence-electron chi connectivity index (χ2n) is 3.82. The van der Waals surface area contributed by atoms with Crippen LogP contribution >= 0.6 is 0 Å². The first-order valence-corrected chi connectivity index (χ1v) is 5.72. The summed E-state index contributed by atoms with van der Waals surface area (Å²) in [6.07, 6.45) is 5.58. The van der Waals surface area contributed by atoms with Gasteiger partial charge in [-0.25, -0.2) is 0 Å². The maximum absolute atomic E-state index is 11.5. The summed E-state index contributed by atoms with van der Waals surface area (Å²) in [7, 11) is 1.41. The molecule has 1 rings (SSSR count). The number of hydrogen-bond donors (Lipinski definition) is 2. The molecule has 0 aromatic carbocycles. The molecule has 1 heterocycles. The third kappa shape index (κ3) is 6.32. The molecule has 0 spiro atoms. The number of carboxylic acids is 1. The van der Waals surface area contributed by atoms with Crippen molar-refractivity contribution in [1.82, 2.24) is 10.3 Å². The SMILES string of the molecule is COC(CNC(=O)/C=C/c1cccnc1)CC(=O)O. The number of nitrogens with one attached hydrogen (secondary N) is 1. The number of aliphatic carboxylic acids is 1. The molecule has 0 aliphatic heterocycles. The number of methoxy groups -OCH3 is 1. The third-order valence-corrected chi connectivity index (χ3v) is 2.35. The molecule has 6 nitrogen and oxygen atoms in total. The Morgan fingerprint density at radius 3 is 2.95 bits per heavy atom. The van der Waals surface area contributed by atoms with Crippen LogP contribution in [0.25, 0.3) is 6.08 Å². The Labute approximate surface area is 111 Å². The quantitative estimate of drug-likeness (QED) is 0.708. The molecule has 1 aromatic rings. The maximum Gasteiger partial charge on any atom is 0.306 e. The fraction of sp³-hybridized carbons (Fsp3) is 0.308. The van der Waals surface area contributed by atoms with Gasteiger partial charge in [0.2, 0.25) is 5.91 Å². The summed E-state index contributed by atoms with van der Waals surface area (Å²) in [5.41, 5.74) is 0.812. The van der Waals surface area contributed by atoms with Gasteiger partial charge in [0.25, 0.3) is 0 Å². The zero-order valence-corrected chi connectivity index (χ0v) is 10.6. The smallest absolute Gasteiger partial charge is 0.306 e. The van der Waals surface area contributed by atoms with Crippen LogP contribution in [0, 0.1) is 0 Å². The average Bonchev–Trinajstić information content (AvgIpc) is 2.42. The summed E-state index contributed by atoms with van der Waals surface area (Å²) in [5, 5.41) is 11.2. The van der Waals surface area contributed by atoms with E-state index in [0.717, 1.165) is 5.56 Å². The average molecular weight is 264 g/mol. The molecule has 0 saturated heterocycles. The van der Waals surface area contributed by atoms with Gasteiger partial charge in [-0.1, -0.05) is 6.07 Å². The van der Waals surface area contributed by atoms with Crippen molar-refractivity contribution in [3.05, 3.63) is 36.2 Å². The number of carboxylic acid groups (broad SMARTS) is 1. The van der Waals surface area contributed by atoms with Crippen molar-refractivity contribution in [3.8, 4) is 0 Å². The molecule has 1 aromatic heterocycles. The van der Waals surface area contributed by atoms with E-state index in [-0.39, 0.29) is 18.9 Å². The molecular weight excluding hydrogens is 248 g/mol. The molecule has 0 aliphatic carbocycles. The lowest BCUT2D eigenvalue weighted by Gasteiger charge is -2.12. The first-order valence-electron chi connectivity index (χ1n) is 5.72. The Hall–Kier alpha value is -2.21. The van der Waals surface area contributed by atoms with Gasteiger partial charge in [0.1, 0.15) is 0 Å². The van der Waals surface area contributed by atoms with Crippen molar-refractivity contribution in [2.45, 2.75) is 12.5 Å². The fourth-order valence-electron chi connectivity index (χ4n) is 1.35. The van der Waals surface area contributed by atoms with Crippen molar-refractivity contribution in [1.29, 1.82) is 0 Å². The lowest BCUT2D eigenvalue weighted by molar-refractivity contribution is -0.140. The summed E-state index contributed by atoms with van der Waals surface area (Å²) >= 11 is 0. The normalized spacial score (nSPS) is 12.3. The predicted octanol–water partition coefficient (Wildman–Crippen LogP) is 0.701. The van der Waals surface area contributed by atoms with Crippen LogP contribution in [0.3, 0.4) is 0 Å². The number of nitrogens with zero attached hydrogens (tertiary/aromatic N) is 1. The highest BCUT2D eigenvalue weighted by molar-refractivity contribution is 5.91. The predicted molar refractivity (Wildman–Crippen MR) is 69.3 cm³/mol. The monoisotopic (exact) mass is 264 g/mol. The van der Waals surface area contributed by atoms with E-state index >= 15 is 0 Å². The summed E-state index contributed by atoms with van der Waals surface area (Å²) in [5.74, 6) is -1.27. The van der Waals surface area contributed by atoms with Gasteiger partial charge in [-0.15, -0.1) is 0 Å². The van der Waals surface area contributed by atoms with E-state index in [9.17, 15) is 9.59 Å². The first kappa shape index (κ1) is 14.8. The van der Waals surface area contributed by atoms with Crippen molar-refractivity contribution < 1.29 is 19.4 Å². The molecule has 1 unspecified atom stereocenters. The molecule has 6 heteroatoms. The van der Waals surface area contributed by atoms with E-state index in [4.69, 9.17) is 9.84 Å². The fourth-order valence-corrected chi connectivity index (χ4v) is 1.35. The van der Waals surface area contributed by atoms with Gasteiger partial charge in [0.05, 0.1) is 12.5 Å². The molecular formula is C13H16N2O4. The summed E-state index contributed by atoms with van der Waals surface area (Å²) in [4.78, 5) is 25.9. The highest BCUT2D eigenvalue weighted by Gasteiger charge is 2.12. The highest BCUT2D eigenvalue weighted by Crippen LogP contribution is 1.99. The first-order chi connectivity index (χ1) is 9.11. The molecule has 1 amide bonds. The van der Waals surface area contributed by atoms with E-state index in [1.54, 1.807) is 24.5 Å². The highest BCUT2D eigenvalue weighted by atomic mass is 16.5. The lowest BCUT2D eigenvalue weighted by atomic mass is 10.2. The van der Waals surface area contributed by atoms with Gasteiger partial charge < -0.3 is 15.2 Å². The minimum atomic E-state index is -0.966. The number of pyridine rings is 1. The van der Waals surface area contributed by atoms with E-state index in [0.29, 0.717) is 0 Å². The number of carbonyl (C=O) groups is 2. The number of rotatable bonds is 7. The van der Waals surface area contributed by atoms with Crippen molar-refractivity contribution >= 4 is 18.0 Å². The van der Waals surface area contributed by atoms with Crippen LogP contribution in [0.5, 0.6) is 0 Å². The van der Waals surface area contributed by atoms with Crippen molar-refractivity contribution in [2.24, 2.45) is 0 Å². The zero-order valence-electron chi connectivity index (χ0n) is 10.6. The van der Waals surface area contributed by atoms with Gasteiger partial charge in [-0.05, 0) is 17.7 Å². The van der Waals surface area contributed by atoms with Crippen LogP contribution < -0.4 is 5.32 Å². The van der Waals surface area contributed by atoms with Gasteiger partial charge >= 0.3 is 5.97 Å². The molecule has 0 radical (unpaired) electrons. The summed E-state index contributed by atoms with van der Waals surface area (Å²) in [6, 6.07) is 3.59. The van der Waals surface area contributed by atoms with Crippen LogP contribution in [0.1, 0.15) is 12.0 Å². The van der Waals surface area contributed by atoms with Gasteiger partial charge in [0.15, 0.2) is 0 Å². The Morgan fingerprint density at radius 1 is 1.58 bits per heavy atom.